The van der Waals surface area contributed by atoms with Gasteiger partial charge in [0.1, 0.15) is 0 Å². The maximum absolute atomic E-state index is 12.4. The van der Waals surface area contributed by atoms with Crippen LogP contribution in [0, 0.1) is 0 Å². The highest BCUT2D eigenvalue weighted by atomic mass is 16.2. The van der Waals surface area contributed by atoms with Crippen LogP contribution in [0.4, 0.5) is 0 Å². The Labute approximate surface area is 123 Å². The van der Waals surface area contributed by atoms with Crippen molar-refractivity contribution in [3.05, 3.63) is 52.8 Å². The molecule has 1 aromatic carbocycles. The topological polar surface area (TPSA) is 69.8 Å². The molecule has 0 saturated heterocycles. The lowest BCUT2D eigenvalue weighted by Crippen LogP contribution is -2.30. The van der Waals surface area contributed by atoms with Crippen molar-refractivity contribution in [2.75, 3.05) is 6.54 Å². The number of amides is 1. The molecule has 1 amide bonds. The molecule has 2 atom stereocenters. The Morgan fingerprint density at radius 3 is 3.00 bits per heavy atom. The first-order chi connectivity index (χ1) is 10.3. The van der Waals surface area contributed by atoms with Crippen LogP contribution in [0.1, 0.15) is 39.6 Å². The maximum atomic E-state index is 12.4. The zero-order valence-corrected chi connectivity index (χ0v) is 11.7. The normalized spacial score (nSPS) is 23.4. The van der Waals surface area contributed by atoms with Crippen LogP contribution in [-0.2, 0) is 13.0 Å². The third-order valence-corrected chi connectivity index (χ3v) is 4.36. The number of carbonyl (C=O) groups excluding carboxylic acids is 1. The molecule has 3 N–H and O–H groups in total. The van der Waals surface area contributed by atoms with Gasteiger partial charge in [0.25, 0.3) is 5.91 Å². The first-order valence-corrected chi connectivity index (χ1v) is 7.45. The summed E-state index contributed by atoms with van der Waals surface area (Å²) in [5, 5.41) is 13.6. The summed E-state index contributed by atoms with van der Waals surface area (Å²) in [6, 6.07) is 10.6. The summed E-state index contributed by atoms with van der Waals surface area (Å²) in [6.07, 6.45) is 1.92. The molecule has 21 heavy (non-hydrogen) atoms. The van der Waals surface area contributed by atoms with Gasteiger partial charge in [0.15, 0.2) is 5.69 Å². The van der Waals surface area contributed by atoms with Gasteiger partial charge in [-0.1, -0.05) is 30.3 Å². The lowest BCUT2D eigenvalue weighted by Gasteiger charge is -2.12. The van der Waals surface area contributed by atoms with E-state index in [1.54, 1.807) is 0 Å². The van der Waals surface area contributed by atoms with E-state index in [0.29, 0.717) is 11.6 Å². The minimum absolute atomic E-state index is 0.0559. The quantitative estimate of drug-likeness (QED) is 0.795. The van der Waals surface area contributed by atoms with E-state index >= 15 is 0 Å². The molecule has 5 heteroatoms. The van der Waals surface area contributed by atoms with Gasteiger partial charge in [-0.15, -0.1) is 0 Å². The molecule has 2 heterocycles. The molecular formula is C16H18N4O. The number of fused-ring (bicyclic) bond motifs is 1. The van der Waals surface area contributed by atoms with Crippen LogP contribution >= 0.6 is 0 Å². The van der Waals surface area contributed by atoms with E-state index in [0.717, 1.165) is 37.2 Å². The molecule has 2 aliphatic rings. The number of benzene rings is 1. The van der Waals surface area contributed by atoms with Gasteiger partial charge in [0.2, 0.25) is 0 Å². The minimum Gasteiger partial charge on any atom is -0.347 e. The molecule has 0 spiro atoms. The Hall–Kier alpha value is -2.14. The number of nitrogens with one attached hydrogen (secondary N) is 3. The van der Waals surface area contributed by atoms with Gasteiger partial charge in [0, 0.05) is 42.7 Å². The van der Waals surface area contributed by atoms with Gasteiger partial charge in [0.05, 0.1) is 0 Å². The molecule has 1 fully saturated rings. The number of aromatic nitrogens is 2. The second kappa shape index (κ2) is 5.00. The average molecular weight is 282 g/mol. The van der Waals surface area contributed by atoms with Crippen LogP contribution < -0.4 is 10.6 Å². The number of hydrogen-bond donors (Lipinski definition) is 3. The van der Waals surface area contributed by atoms with Gasteiger partial charge >= 0.3 is 0 Å². The molecule has 4 rings (SSSR count). The van der Waals surface area contributed by atoms with Gasteiger partial charge in [-0.05, 0) is 12.0 Å². The average Bonchev–Trinajstić information content (AvgIpc) is 3.15. The van der Waals surface area contributed by atoms with E-state index in [1.165, 1.54) is 5.56 Å². The second-order valence-electron chi connectivity index (χ2n) is 5.79. The highest BCUT2D eigenvalue weighted by Gasteiger charge is 2.40. The SMILES string of the molecule is O=C(NC1CC1c1ccccc1)c1n[nH]c2c1CNCC2. The van der Waals surface area contributed by atoms with Crippen molar-refractivity contribution < 1.29 is 4.79 Å². The first kappa shape index (κ1) is 12.6. The van der Waals surface area contributed by atoms with E-state index in [9.17, 15) is 4.79 Å². The van der Waals surface area contributed by atoms with E-state index in [-0.39, 0.29) is 11.9 Å². The fourth-order valence-electron chi connectivity index (χ4n) is 3.07. The molecule has 1 aliphatic heterocycles. The Morgan fingerprint density at radius 1 is 1.29 bits per heavy atom. The van der Waals surface area contributed by atoms with Crippen molar-refractivity contribution in [3.8, 4) is 0 Å². The predicted octanol–water partition coefficient (Wildman–Crippen LogP) is 1.34. The van der Waals surface area contributed by atoms with Crippen molar-refractivity contribution in [2.45, 2.75) is 31.3 Å². The van der Waals surface area contributed by atoms with E-state index < -0.39 is 0 Å². The summed E-state index contributed by atoms with van der Waals surface area (Å²) < 4.78 is 0. The van der Waals surface area contributed by atoms with E-state index in [4.69, 9.17) is 0 Å². The number of hydrogen-bond acceptors (Lipinski definition) is 3. The second-order valence-corrected chi connectivity index (χ2v) is 5.79. The highest BCUT2D eigenvalue weighted by molar-refractivity contribution is 5.94. The largest absolute Gasteiger partial charge is 0.347 e. The van der Waals surface area contributed by atoms with Crippen LogP contribution in [0.3, 0.4) is 0 Å². The maximum Gasteiger partial charge on any atom is 0.272 e. The smallest absolute Gasteiger partial charge is 0.272 e. The zero-order valence-electron chi connectivity index (χ0n) is 11.7. The Bertz CT molecular complexity index is 664. The Balaban J connectivity index is 1.45. The van der Waals surface area contributed by atoms with Crippen molar-refractivity contribution in [2.24, 2.45) is 0 Å². The first-order valence-electron chi connectivity index (χ1n) is 7.45. The molecule has 2 aromatic rings. The lowest BCUT2D eigenvalue weighted by molar-refractivity contribution is 0.0944. The van der Waals surface area contributed by atoms with Crippen LogP contribution in [0.2, 0.25) is 0 Å². The van der Waals surface area contributed by atoms with E-state index in [2.05, 4.69) is 33.0 Å². The highest BCUT2D eigenvalue weighted by Crippen LogP contribution is 2.40. The summed E-state index contributed by atoms with van der Waals surface area (Å²) in [6.45, 7) is 1.66. The molecule has 5 nitrogen and oxygen atoms in total. The van der Waals surface area contributed by atoms with Gasteiger partial charge in [-0.3, -0.25) is 9.89 Å². The van der Waals surface area contributed by atoms with Crippen molar-refractivity contribution >= 4 is 5.91 Å². The molecule has 0 bridgehead atoms. The third-order valence-electron chi connectivity index (χ3n) is 4.36. The number of aromatic amines is 1. The van der Waals surface area contributed by atoms with Crippen LogP contribution in [-0.4, -0.2) is 28.7 Å². The summed E-state index contributed by atoms with van der Waals surface area (Å²) in [4.78, 5) is 12.4. The molecular weight excluding hydrogens is 264 g/mol. The molecule has 108 valence electrons. The predicted molar refractivity (Wildman–Crippen MR) is 79.1 cm³/mol. The van der Waals surface area contributed by atoms with Gasteiger partial charge in [-0.2, -0.15) is 5.10 Å². The van der Waals surface area contributed by atoms with Crippen molar-refractivity contribution in [1.82, 2.24) is 20.8 Å². The zero-order chi connectivity index (χ0) is 14.2. The van der Waals surface area contributed by atoms with Crippen molar-refractivity contribution in [1.29, 1.82) is 0 Å². The van der Waals surface area contributed by atoms with Crippen LogP contribution in [0.25, 0.3) is 0 Å². The summed E-state index contributed by atoms with van der Waals surface area (Å²) in [5.74, 6) is 0.391. The molecule has 1 aliphatic carbocycles. The summed E-state index contributed by atoms with van der Waals surface area (Å²) >= 11 is 0. The van der Waals surface area contributed by atoms with Crippen LogP contribution in [0.5, 0.6) is 0 Å². The molecule has 0 radical (unpaired) electrons. The number of rotatable bonds is 3. The lowest BCUT2D eigenvalue weighted by atomic mass is 10.1. The monoisotopic (exact) mass is 282 g/mol. The van der Waals surface area contributed by atoms with Crippen molar-refractivity contribution in [3.63, 3.8) is 0 Å². The summed E-state index contributed by atoms with van der Waals surface area (Å²) in [5.41, 5.74) is 3.97. The molecule has 2 unspecified atom stereocenters. The number of nitrogens with zero attached hydrogens (tertiary/aromatic N) is 1. The standard InChI is InChI=1S/C16H18N4O/c21-16(15-12-9-17-7-6-13(12)19-20-15)18-14-8-11(14)10-4-2-1-3-5-10/h1-5,11,14,17H,6-9H2,(H,18,21)(H,19,20). The van der Waals surface area contributed by atoms with E-state index in [1.807, 2.05) is 18.2 Å². The fraction of sp³-hybridized carbons (Fsp3) is 0.375. The number of H-pyrrole nitrogens is 1. The minimum atomic E-state index is -0.0559. The number of carbonyl (C=O) groups is 1. The summed E-state index contributed by atoms with van der Waals surface area (Å²) in [7, 11) is 0. The van der Waals surface area contributed by atoms with Crippen LogP contribution in [0.15, 0.2) is 30.3 Å². The Morgan fingerprint density at radius 2 is 2.14 bits per heavy atom. The van der Waals surface area contributed by atoms with Gasteiger partial charge in [-0.25, -0.2) is 0 Å². The van der Waals surface area contributed by atoms with Gasteiger partial charge < -0.3 is 10.6 Å². The third kappa shape index (κ3) is 2.34. The fourth-order valence-corrected chi connectivity index (χ4v) is 3.07. The Kier molecular flexibility index (Phi) is 3.00. The molecule has 1 aromatic heterocycles. The molecule has 1 saturated carbocycles.